The molecule has 2 aromatic rings. The van der Waals surface area contributed by atoms with E-state index in [4.69, 9.17) is 25.0 Å². The Kier molecular flexibility index (Phi) is 12.4. The highest BCUT2D eigenvalue weighted by Gasteiger charge is 2.24. The summed E-state index contributed by atoms with van der Waals surface area (Å²) >= 11 is 0. The zero-order valence-electron chi connectivity index (χ0n) is 19.6. The van der Waals surface area contributed by atoms with Crippen LogP contribution in [-0.2, 0) is 36.5 Å². The molecule has 0 radical (unpaired) electrons. The Labute approximate surface area is 202 Å². The van der Waals surface area contributed by atoms with Gasteiger partial charge in [-0.25, -0.2) is 23.7 Å². The Morgan fingerprint density at radius 3 is 2.31 bits per heavy atom. The van der Waals surface area contributed by atoms with Crippen molar-refractivity contribution in [3.05, 3.63) is 59.8 Å². The summed E-state index contributed by atoms with van der Waals surface area (Å²) in [7, 11) is -3.50. The van der Waals surface area contributed by atoms with E-state index in [9.17, 15) is 18.9 Å². The van der Waals surface area contributed by atoms with E-state index in [2.05, 4.69) is 9.51 Å². The molecular formula is C21H29N4O9P. The first-order chi connectivity index (χ1) is 16.6. The van der Waals surface area contributed by atoms with E-state index in [1.54, 1.807) is 42.5 Å². The molecule has 192 valence electrons. The molecule has 1 heterocycles. The lowest BCUT2D eigenvalue weighted by Gasteiger charge is -2.24. The Bertz CT molecular complexity index is 1020. The summed E-state index contributed by atoms with van der Waals surface area (Å²) in [6, 6.07) is 11.1. The van der Waals surface area contributed by atoms with Gasteiger partial charge in [-0.1, -0.05) is 50.2 Å². The van der Waals surface area contributed by atoms with Crippen LogP contribution in [0.25, 0.3) is 0 Å². The van der Waals surface area contributed by atoms with Crippen LogP contribution in [0.3, 0.4) is 0 Å². The fourth-order valence-corrected chi connectivity index (χ4v) is 2.72. The topological polar surface area (TPSA) is 182 Å². The number of carbonyl (C=O) groups excluding carboxylic acids is 3. The van der Waals surface area contributed by atoms with Crippen LogP contribution in [0.2, 0.25) is 0 Å². The number of aromatic nitrogens is 1. The first-order valence-electron chi connectivity index (χ1n) is 10.3. The second-order valence-electron chi connectivity index (χ2n) is 6.53. The maximum absolute atomic E-state index is 12.5. The lowest BCUT2D eigenvalue weighted by molar-refractivity contribution is -0.146. The third kappa shape index (κ3) is 11.0. The number of esters is 1. The zero-order chi connectivity index (χ0) is 26.4. The van der Waals surface area contributed by atoms with E-state index >= 15 is 0 Å². The minimum absolute atomic E-state index is 0.0353. The Morgan fingerprint density at radius 2 is 1.71 bits per heavy atom. The number of urea groups is 1. The molecule has 4 N–H and O–H groups in total. The fourth-order valence-electron chi connectivity index (χ4n) is 2.53. The van der Waals surface area contributed by atoms with Gasteiger partial charge in [-0.15, -0.1) is 0 Å². The van der Waals surface area contributed by atoms with E-state index in [1.807, 2.05) is 13.8 Å². The van der Waals surface area contributed by atoms with Crippen LogP contribution in [0, 0.1) is 0 Å². The first kappa shape index (κ1) is 29.5. The molecule has 0 saturated carbocycles. The van der Waals surface area contributed by atoms with Crippen molar-refractivity contribution in [2.45, 2.75) is 27.0 Å². The summed E-state index contributed by atoms with van der Waals surface area (Å²) in [5, 5.41) is 0. The van der Waals surface area contributed by atoms with Gasteiger partial charge in [0.2, 0.25) is 6.79 Å². The molecule has 3 amide bonds. The molecule has 1 aromatic heterocycles. The summed E-state index contributed by atoms with van der Waals surface area (Å²) in [6.45, 7) is 2.07. The molecule has 1 aromatic carbocycles. The van der Waals surface area contributed by atoms with Gasteiger partial charge in [-0.2, -0.15) is 0 Å². The molecule has 0 fully saturated rings. The second kappa shape index (κ2) is 14.7. The number of carbonyl (C=O) groups is 3. The average molecular weight is 512 g/mol. The number of nitrogens with zero attached hydrogens (tertiary/aromatic N) is 3. The quantitative estimate of drug-likeness (QED) is 0.243. The summed E-state index contributed by atoms with van der Waals surface area (Å²) in [5.74, 6) is -0.646. The molecule has 13 nitrogen and oxygen atoms in total. The average Bonchev–Trinajstić information content (AvgIpc) is 2.83. The number of amides is 3. The van der Waals surface area contributed by atoms with Crippen molar-refractivity contribution < 1.29 is 42.7 Å². The molecular weight excluding hydrogens is 483 g/mol. The van der Waals surface area contributed by atoms with Gasteiger partial charge in [0, 0.05) is 18.8 Å². The van der Waals surface area contributed by atoms with Gasteiger partial charge in [-0.05, 0) is 11.6 Å². The number of pyridine rings is 1. The van der Waals surface area contributed by atoms with E-state index in [-0.39, 0.29) is 19.0 Å². The smallest absolute Gasteiger partial charge is 0.459 e. The van der Waals surface area contributed by atoms with Gasteiger partial charge in [-0.3, -0.25) is 14.6 Å². The Morgan fingerprint density at radius 1 is 1.06 bits per heavy atom. The van der Waals surface area contributed by atoms with Gasteiger partial charge < -0.3 is 25.0 Å². The molecule has 0 aliphatic heterocycles. The number of primary amides is 1. The number of hydrogen-bond donors (Lipinski definition) is 3. The van der Waals surface area contributed by atoms with Gasteiger partial charge in [0.25, 0.3) is 0 Å². The van der Waals surface area contributed by atoms with Crippen molar-refractivity contribution in [2.24, 2.45) is 5.73 Å². The molecule has 0 saturated heterocycles. The van der Waals surface area contributed by atoms with Gasteiger partial charge >= 0.3 is 25.9 Å². The van der Waals surface area contributed by atoms with Crippen LogP contribution in [0.15, 0.2) is 48.7 Å². The summed E-state index contributed by atoms with van der Waals surface area (Å²) < 4.78 is 24.8. The number of phosphoric ester groups is 1. The van der Waals surface area contributed by atoms with E-state index in [0.717, 1.165) is 15.4 Å². The summed E-state index contributed by atoms with van der Waals surface area (Å²) in [6.07, 6.45) is 0.278. The maximum Gasteiger partial charge on any atom is 0.472 e. The molecule has 0 bridgehead atoms. The largest absolute Gasteiger partial charge is 0.472 e. The van der Waals surface area contributed by atoms with Crippen molar-refractivity contribution in [1.29, 1.82) is 0 Å². The van der Waals surface area contributed by atoms with Gasteiger partial charge in [0.1, 0.15) is 19.0 Å². The monoisotopic (exact) mass is 512 g/mol. The van der Waals surface area contributed by atoms with Crippen molar-refractivity contribution in [1.82, 2.24) is 9.88 Å². The minimum atomic E-state index is -4.88. The standard InChI is InChI=1S/C19H23N4O9P.C2H6/c1-22(18(20)25)17-15(8-5-9-21-17)10-23(19(26)31-13-32-33(27,28)29)11-16(24)30-12-14-6-3-2-4-7-14;1-2/h2-9H,10-13H2,1H3,(H2,20,25)(H2,27,28,29);1-2H3. The van der Waals surface area contributed by atoms with Crippen LogP contribution in [0.5, 0.6) is 0 Å². The van der Waals surface area contributed by atoms with Crippen LogP contribution in [0.1, 0.15) is 25.0 Å². The molecule has 2 rings (SSSR count). The van der Waals surface area contributed by atoms with Crippen LogP contribution in [0.4, 0.5) is 15.4 Å². The maximum atomic E-state index is 12.5. The fraction of sp³-hybridized carbons (Fsp3) is 0.333. The lowest BCUT2D eigenvalue weighted by Crippen LogP contribution is -2.38. The number of phosphoric acid groups is 1. The van der Waals surface area contributed by atoms with Gasteiger partial charge in [0.05, 0.1) is 6.54 Å². The van der Waals surface area contributed by atoms with Crippen LogP contribution >= 0.6 is 7.82 Å². The van der Waals surface area contributed by atoms with Crippen molar-refractivity contribution in [2.75, 3.05) is 25.3 Å². The van der Waals surface area contributed by atoms with E-state index in [1.165, 1.54) is 13.2 Å². The normalized spacial score (nSPS) is 10.4. The minimum Gasteiger partial charge on any atom is -0.459 e. The molecule has 0 atom stereocenters. The molecule has 0 aliphatic carbocycles. The van der Waals surface area contributed by atoms with E-state index < -0.39 is 39.3 Å². The highest BCUT2D eigenvalue weighted by atomic mass is 31.2. The Hall–Kier alpha value is -3.51. The van der Waals surface area contributed by atoms with Gasteiger partial charge in [0.15, 0.2) is 0 Å². The highest BCUT2D eigenvalue weighted by molar-refractivity contribution is 7.46. The Balaban J connectivity index is 0.00000298. The molecule has 0 unspecified atom stereocenters. The van der Waals surface area contributed by atoms with Crippen molar-refractivity contribution >= 4 is 31.7 Å². The summed E-state index contributed by atoms with van der Waals surface area (Å²) in [4.78, 5) is 59.9. The molecule has 14 heteroatoms. The number of hydrogen-bond acceptors (Lipinski definition) is 8. The summed E-state index contributed by atoms with van der Waals surface area (Å²) in [5.41, 5.74) is 6.35. The molecule has 0 aliphatic rings. The van der Waals surface area contributed by atoms with Crippen molar-refractivity contribution in [3.63, 3.8) is 0 Å². The number of benzene rings is 1. The first-order valence-corrected chi connectivity index (χ1v) is 11.9. The third-order valence-corrected chi connectivity index (χ3v) is 4.54. The molecule has 35 heavy (non-hydrogen) atoms. The number of ether oxygens (including phenoxy) is 2. The molecule has 0 spiro atoms. The lowest BCUT2D eigenvalue weighted by atomic mass is 10.2. The number of rotatable bonds is 10. The predicted molar refractivity (Wildman–Crippen MR) is 125 cm³/mol. The van der Waals surface area contributed by atoms with Crippen molar-refractivity contribution in [3.8, 4) is 0 Å². The van der Waals surface area contributed by atoms with E-state index in [0.29, 0.717) is 5.56 Å². The second-order valence-corrected chi connectivity index (χ2v) is 7.77. The number of nitrogens with two attached hydrogens (primary N) is 1. The zero-order valence-corrected chi connectivity index (χ0v) is 20.5. The predicted octanol–water partition coefficient (Wildman–Crippen LogP) is 2.37. The number of anilines is 1. The SMILES string of the molecule is CC.CN(C(N)=O)c1ncccc1CN(CC(=O)OCc1ccccc1)C(=O)OCOP(=O)(O)O. The third-order valence-electron chi connectivity index (χ3n) is 4.10. The van der Waals surface area contributed by atoms with Crippen LogP contribution < -0.4 is 10.6 Å². The highest BCUT2D eigenvalue weighted by Crippen LogP contribution is 2.35. The van der Waals surface area contributed by atoms with Crippen LogP contribution in [-0.4, -0.2) is 58.1 Å².